The van der Waals surface area contributed by atoms with Crippen LogP contribution in [0.5, 0.6) is 0 Å². The Hall–Kier alpha value is -6.86. The molecule has 238 valence electrons. The predicted octanol–water partition coefficient (Wildman–Crippen LogP) is 7.75. The van der Waals surface area contributed by atoms with Crippen LogP contribution in [0.4, 0.5) is 0 Å². The largest absolute Gasteiger partial charge is 0.478 e. The fourth-order valence-corrected chi connectivity index (χ4v) is 8.90. The monoisotopic (exact) mass is 656 g/mol. The number of rotatable bonds is 4. The summed E-state index contributed by atoms with van der Waals surface area (Å²) in [6.45, 7) is 0.00231. The van der Waals surface area contributed by atoms with Crippen molar-refractivity contribution >= 4 is 78.7 Å². The minimum absolute atomic E-state index is 0.00231. The molecular weight excluding hydrogens is 631 g/mol. The molecule has 2 aromatic heterocycles. The van der Waals surface area contributed by atoms with Crippen LogP contribution in [0.15, 0.2) is 140 Å². The molecule has 4 heterocycles. The molecule has 0 atom stereocenters. The summed E-state index contributed by atoms with van der Waals surface area (Å²) in [5.41, 5.74) is 15.3. The highest BCUT2D eigenvalue weighted by atomic mass is 16.4. The van der Waals surface area contributed by atoms with Crippen molar-refractivity contribution in [1.29, 1.82) is 0 Å². The van der Waals surface area contributed by atoms with Crippen LogP contribution in [0.1, 0.15) is 20.7 Å². The van der Waals surface area contributed by atoms with Crippen LogP contribution in [0.3, 0.4) is 0 Å². The van der Waals surface area contributed by atoms with E-state index < -0.39 is 11.9 Å². The second-order valence-electron chi connectivity index (χ2n) is 13.5. The fraction of sp³-hybridized carbons (Fsp3) is 0. The fourth-order valence-electron chi connectivity index (χ4n) is 8.90. The molecule has 0 bridgehead atoms. The van der Waals surface area contributed by atoms with Gasteiger partial charge in [0.1, 0.15) is 0 Å². The van der Waals surface area contributed by atoms with Gasteiger partial charge in [-0.05, 0) is 87.2 Å². The molecule has 2 aliphatic heterocycles. The third-order valence-corrected chi connectivity index (χ3v) is 11.0. The number of hydrogen-bond donors (Lipinski definition) is 2. The van der Waals surface area contributed by atoms with E-state index in [2.05, 4.69) is 100 Å². The number of carboxylic acid groups (broad SMARTS) is 2. The first-order chi connectivity index (χ1) is 25.0. The van der Waals surface area contributed by atoms with E-state index in [0.717, 1.165) is 50.0 Å². The molecule has 51 heavy (non-hydrogen) atoms. The normalized spacial score (nSPS) is 12.6. The van der Waals surface area contributed by atoms with E-state index in [9.17, 15) is 19.8 Å². The van der Waals surface area contributed by atoms with Crippen LogP contribution in [-0.4, -0.2) is 38.0 Å². The van der Waals surface area contributed by atoms with Gasteiger partial charge in [0.25, 0.3) is 6.71 Å². The number of nitrogens with zero attached hydrogens (tertiary/aromatic N) is 2. The van der Waals surface area contributed by atoms with Crippen molar-refractivity contribution in [2.75, 3.05) is 0 Å². The van der Waals surface area contributed by atoms with Gasteiger partial charge >= 0.3 is 11.9 Å². The second-order valence-corrected chi connectivity index (χ2v) is 13.5. The zero-order valence-electron chi connectivity index (χ0n) is 27.0. The summed E-state index contributed by atoms with van der Waals surface area (Å²) < 4.78 is 4.85. The highest BCUT2D eigenvalue weighted by Gasteiger charge is 2.40. The van der Waals surface area contributed by atoms with Crippen molar-refractivity contribution in [1.82, 2.24) is 9.13 Å². The Morgan fingerprint density at radius 2 is 1.10 bits per heavy atom. The first-order valence-electron chi connectivity index (χ1n) is 16.9. The molecule has 0 unspecified atom stereocenters. The van der Waals surface area contributed by atoms with Crippen molar-refractivity contribution in [3.63, 3.8) is 0 Å². The molecule has 0 saturated heterocycles. The Balaban J connectivity index is 1.21. The maximum absolute atomic E-state index is 11.7. The number of hydrogen-bond acceptors (Lipinski definition) is 2. The van der Waals surface area contributed by atoms with Gasteiger partial charge in [-0.25, -0.2) is 9.59 Å². The Kier molecular flexibility index (Phi) is 5.42. The van der Waals surface area contributed by atoms with Crippen LogP contribution in [0, 0.1) is 0 Å². The minimum Gasteiger partial charge on any atom is -0.478 e. The predicted molar refractivity (Wildman–Crippen MR) is 205 cm³/mol. The average molecular weight is 657 g/mol. The Bertz CT molecular complexity index is 3010. The van der Waals surface area contributed by atoms with Crippen LogP contribution >= 0.6 is 0 Å². The highest BCUT2D eigenvalue weighted by molar-refractivity contribution is 7.00. The number of aromatic carboxylic acids is 2. The lowest BCUT2D eigenvalue weighted by molar-refractivity contribution is 0.0686. The van der Waals surface area contributed by atoms with E-state index in [1.165, 1.54) is 43.6 Å². The van der Waals surface area contributed by atoms with Gasteiger partial charge in [0.15, 0.2) is 0 Å². The quantitative estimate of drug-likeness (QED) is 0.190. The molecule has 11 rings (SSSR count). The first-order valence-corrected chi connectivity index (χ1v) is 16.9. The lowest BCUT2D eigenvalue weighted by atomic mass is 9.34. The third kappa shape index (κ3) is 3.61. The van der Waals surface area contributed by atoms with E-state index in [0.29, 0.717) is 0 Å². The summed E-state index contributed by atoms with van der Waals surface area (Å²) in [5.74, 6) is -1.87. The Morgan fingerprint density at radius 1 is 0.490 bits per heavy atom. The number of para-hydroxylation sites is 2. The van der Waals surface area contributed by atoms with Crippen LogP contribution in [-0.2, 0) is 0 Å². The summed E-state index contributed by atoms with van der Waals surface area (Å²) in [4.78, 5) is 23.2. The van der Waals surface area contributed by atoms with Gasteiger partial charge in [0.2, 0.25) is 0 Å². The van der Waals surface area contributed by atoms with Crippen molar-refractivity contribution in [3.8, 4) is 33.6 Å². The Labute approximate surface area is 291 Å². The summed E-state index contributed by atoms with van der Waals surface area (Å²) in [7, 11) is 0. The topological polar surface area (TPSA) is 84.5 Å². The van der Waals surface area contributed by atoms with E-state index >= 15 is 0 Å². The number of benzene rings is 7. The van der Waals surface area contributed by atoms with Crippen molar-refractivity contribution < 1.29 is 19.8 Å². The maximum Gasteiger partial charge on any atom is 0.335 e. The molecule has 6 nitrogen and oxygen atoms in total. The summed E-state index contributed by atoms with van der Waals surface area (Å²) in [6, 6.07) is 47.2. The van der Waals surface area contributed by atoms with Crippen molar-refractivity contribution in [3.05, 3.63) is 151 Å². The van der Waals surface area contributed by atoms with Gasteiger partial charge in [-0.1, -0.05) is 91.0 Å². The molecule has 0 aliphatic carbocycles. The van der Waals surface area contributed by atoms with Gasteiger partial charge < -0.3 is 19.3 Å². The first kappa shape index (κ1) is 28.0. The standard InChI is InChI=1S/C44H25BN2O4/c48-43(49)26-15-11-24(12-16-26)28-19-20-30-31-6-3-7-33-41(31)47(38(30)23-28)37-10-4-9-36-40(37)45(33)34-22-21-29(25-13-17-27(18-14-25)44(50)51)39-32-5-1-2-8-35(32)46(36)42(34)39/h1-23H,(H,48,49)(H,50,51). The van der Waals surface area contributed by atoms with E-state index in [-0.39, 0.29) is 17.8 Å². The summed E-state index contributed by atoms with van der Waals surface area (Å²) in [6.07, 6.45) is 0. The molecule has 9 aromatic rings. The number of carbonyl (C=O) groups is 2. The lowest BCUT2D eigenvalue weighted by Gasteiger charge is -2.33. The Morgan fingerprint density at radius 3 is 1.82 bits per heavy atom. The highest BCUT2D eigenvalue weighted by Crippen LogP contribution is 2.42. The number of aromatic nitrogens is 2. The van der Waals surface area contributed by atoms with Crippen molar-refractivity contribution in [2.24, 2.45) is 0 Å². The van der Waals surface area contributed by atoms with Gasteiger partial charge in [-0.15, -0.1) is 0 Å². The van der Waals surface area contributed by atoms with Crippen LogP contribution in [0.25, 0.3) is 77.2 Å². The summed E-state index contributed by atoms with van der Waals surface area (Å²) in [5, 5.41) is 23.7. The molecule has 2 aliphatic rings. The molecule has 0 radical (unpaired) electrons. The molecular formula is C44H25BN2O4. The molecule has 0 fully saturated rings. The maximum atomic E-state index is 11.7. The SMILES string of the molecule is O=C(O)c1ccc(-c2ccc3c4cccc5c4n(c3c2)-c2cccc3c2B5c2ccc(-c4ccc(C(=O)O)cc4)c4c5ccccc5n-3c24)cc1. The van der Waals surface area contributed by atoms with Crippen molar-refractivity contribution in [2.45, 2.75) is 0 Å². The molecule has 7 aromatic carbocycles. The second kappa shape index (κ2) is 9.86. The molecule has 0 amide bonds. The number of carboxylic acids is 2. The minimum atomic E-state index is -0.935. The molecule has 0 spiro atoms. The number of fused-ring (bicyclic) bond motifs is 10. The third-order valence-electron chi connectivity index (χ3n) is 11.0. The molecule has 2 N–H and O–H groups in total. The lowest BCUT2D eigenvalue weighted by Crippen LogP contribution is -2.59. The summed E-state index contributed by atoms with van der Waals surface area (Å²) >= 11 is 0. The van der Waals surface area contributed by atoms with Gasteiger partial charge in [-0.2, -0.15) is 0 Å². The van der Waals surface area contributed by atoms with Crippen LogP contribution in [0.2, 0.25) is 0 Å². The molecule has 0 saturated carbocycles. The van der Waals surface area contributed by atoms with E-state index in [4.69, 9.17) is 0 Å². The van der Waals surface area contributed by atoms with Gasteiger partial charge in [0.05, 0.1) is 22.2 Å². The zero-order chi connectivity index (χ0) is 34.1. The molecule has 7 heteroatoms. The zero-order valence-corrected chi connectivity index (χ0v) is 27.0. The van der Waals surface area contributed by atoms with E-state index in [1.54, 1.807) is 24.3 Å². The van der Waals surface area contributed by atoms with Gasteiger partial charge in [0, 0.05) is 44.0 Å². The van der Waals surface area contributed by atoms with Crippen LogP contribution < -0.4 is 16.4 Å². The van der Waals surface area contributed by atoms with Gasteiger partial charge in [-0.3, -0.25) is 0 Å². The smallest absolute Gasteiger partial charge is 0.335 e. The van der Waals surface area contributed by atoms with E-state index in [1.807, 2.05) is 24.3 Å². The average Bonchev–Trinajstić information content (AvgIpc) is 3.69.